The van der Waals surface area contributed by atoms with E-state index in [1.165, 1.54) is 0 Å². The van der Waals surface area contributed by atoms with E-state index in [2.05, 4.69) is 9.82 Å². The summed E-state index contributed by atoms with van der Waals surface area (Å²) in [6.45, 7) is 0. The van der Waals surface area contributed by atoms with Gasteiger partial charge in [0.2, 0.25) is 0 Å². The van der Waals surface area contributed by atoms with E-state index in [0.717, 1.165) is 51.4 Å². The Hall–Kier alpha value is -0.920. The fraction of sp³-hybridized carbons (Fsp3) is 0.800. The standard InChI is InChI=1S/C15H24N4O2S/c16-13-10-15(13)7-4-11(5-8-15)18-22(20,21)14-6-9-17-19(14)12-2-1-3-12/h6,9,11-13,18H,1-5,7-8,10,16H2. The Kier molecular flexibility index (Phi) is 3.36. The van der Waals surface area contributed by atoms with E-state index in [1.807, 2.05) is 0 Å². The second-order valence-corrected chi connectivity index (χ2v) is 8.93. The maximum absolute atomic E-state index is 12.7. The number of hydrogen-bond acceptors (Lipinski definition) is 4. The van der Waals surface area contributed by atoms with Crippen molar-refractivity contribution in [1.82, 2.24) is 14.5 Å². The largest absolute Gasteiger partial charge is 0.327 e. The Bertz CT molecular complexity index is 657. The smallest absolute Gasteiger partial charge is 0.257 e. The van der Waals surface area contributed by atoms with Gasteiger partial charge in [-0.2, -0.15) is 5.10 Å². The van der Waals surface area contributed by atoms with Crippen LogP contribution in [-0.4, -0.2) is 30.3 Å². The molecule has 1 heterocycles. The predicted octanol–water partition coefficient (Wildman–Crippen LogP) is 1.55. The SMILES string of the molecule is NC1CC12CCC(NS(=O)(=O)c1ccnn1C1CCC1)CC2. The van der Waals surface area contributed by atoms with E-state index >= 15 is 0 Å². The lowest BCUT2D eigenvalue weighted by molar-refractivity contribution is 0.268. The molecular formula is C15H24N4O2S. The number of nitrogens with zero attached hydrogens (tertiary/aromatic N) is 2. The summed E-state index contributed by atoms with van der Waals surface area (Å²) in [5, 5.41) is 4.54. The molecule has 3 fully saturated rings. The molecule has 3 saturated carbocycles. The monoisotopic (exact) mass is 324 g/mol. The van der Waals surface area contributed by atoms with Gasteiger partial charge < -0.3 is 5.73 Å². The molecule has 1 aromatic heterocycles. The van der Waals surface area contributed by atoms with Gasteiger partial charge in [0.15, 0.2) is 5.03 Å². The Balaban J connectivity index is 1.45. The Labute approximate surface area is 131 Å². The topological polar surface area (TPSA) is 90.0 Å². The lowest BCUT2D eigenvalue weighted by atomic mass is 9.83. The van der Waals surface area contributed by atoms with E-state index in [1.54, 1.807) is 16.9 Å². The third kappa shape index (κ3) is 2.39. The molecule has 0 aliphatic heterocycles. The first-order valence-electron chi connectivity index (χ1n) is 8.32. The van der Waals surface area contributed by atoms with Crippen molar-refractivity contribution < 1.29 is 8.42 Å². The van der Waals surface area contributed by atoms with E-state index in [-0.39, 0.29) is 12.1 Å². The summed E-state index contributed by atoms with van der Waals surface area (Å²) in [7, 11) is -3.48. The first-order valence-corrected chi connectivity index (χ1v) is 9.80. The summed E-state index contributed by atoms with van der Waals surface area (Å²) in [4.78, 5) is 0. The molecule has 0 bridgehead atoms. The molecule has 1 unspecified atom stereocenters. The summed E-state index contributed by atoms with van der Waals surface area (Å²) >= 11 is 0. The normalized spacial score (nSPS) is 35.5. The van der Waals surface area contributed by atoms with Crippen LogP contribution >= 0.6 is 0 Å². The van der Waals surface area contributed by atoms with Crippen molar-refractivity contribution in [3.8, 4) is 0 Å². The van der Waals surface area contributed by atoms with E-state index in [9.17, 15) is 8.42 Å². The molecule has 3 aliphatic rings. The maximum Gasteiger partial charge on any atom is 0.257 e. The van der Waals surface area contributed by atoms with Crippen LogP contribution in [0.1, 0.15) is 57.4 Å². The number of nitrogens with one attached hydrogen (secondary N) is 1. The maximum atomic E-state index is 12.7. The second kappa shape index (κ2) is 5.04. The van der Waals surface area contributed by atoms with Crippen LogP contribution in [-0.2, 0) is 10.0 Å². The first-order chi connectivity index (χ1) is 10.5. The van der Waals surface area contributed by atoms with E-state index in [0.29, 0.717) is 16.5 Å². The Morgan fingerprint density at radius 3 is 2.50 bits per heavy atom. The van der Waals surface area contributed by atoms with Crippen molar-refractivity contribution in [3.63, 3.8) is 0 Å². The second-order valence-electron chi connectivity index (χ2n) is 7.27. The van der Waals surface area contributed by atoms with Gasteiger partial charge in [-0.1, -0.05) is 0 Å². The molecule has 6 nitrogen and oxygen atoms in total. The molecule has 1 spiro atoms. The van der Waals surface area contributed by atoms with Crippen LogP contribution in [0, 0.1) is 5.41 Å². The van der Waals surface area contributed by atoms with Crippen molar-refractivity contribution in [2.24, 2.45) is 11.1 Å². The summed E-state index contributed by atoms with van der Waals surface area (Å²) in [5.41, 5.74) is 6.34. The lowest BCUT2D eigenvalue weighted by Gasteiger charge is -2.30. The molecular weight excluding hydrogens is 300 g/mol. The zero-order chi connectivity index (χ0) is 15.4. The summed E-state index contributed by atoms with van der Waals surface area (Å²) < 4.78 is 29.9. The number of sulfonamides is 1. The van der Waals surface area contributed by atoms with E-state index in [4.69, 9.17) is 5.73 Å². The molecule has 1 aromatic rings. The zero-order valence-electron chi connectivity index (χ0n) is 12.7. The minimum absolute atomic E-state index is 0.0353. The molecule has 122 valence electrons. The van der Waals surface area contributed by atoms with Gasteiger partial charge in [0.25, 0.3) is 10.0 Å². The summed E-state index contributed by atoms with van der Waals surface area (Å²) in [5.74, 6) is 0. The number of aromatic nitrogens is 2. The minimum Gasteiger partial charge on any atom is -0.327 e. The fourth-order valence-electron chi connectivity index (χ4n) is 3.96. The minimum atomic E-state index is -3.48. The van der Waals surface area contributed by atoms with Gasteiger partial charge in [0.05, 0.1) is 12.2 Å². The lowest BCUT2D eigenvalue weighted by Crippen LogP contribution is -2.40. The molecule has 0 aromatic carbocycles. The number of hydrogen-bond donors (Lipinski definition) is 2. The highest BCUT2D eigenvalue weighted by Crippen LogP contribution is 2.55. The van der Waals surface area contributed by atoms with Gasteiger partial charge in [0.1, 0.15) is 0 Å². The first kappa shape index (κ1) is 14.7. The van der Waals surface area contributed by atoms with Crippen LogP contribution in [0.2, 0.25) is 0 Å². The average Bonchev–Trinajstić information content (AvgIpc) is 2.84. The average molecular weight is 324 g/mol. The molecule has 7 heteroatoms. The van der Waals surface area contributed by atoms with Crippen LogP contribution in [0.15, 0.2) is 17.3 Å². The zero-order valence-corrected chi connectivity index (χ0v) is 13.6. The molecule has 1 atom stereocenters. The molecule has 0 saturated heterocycles. The molecule has 0 radical (unpaired) electrons. The van der Waals surface area contributed by atoms with Crippen molar-refractivity contribution in [2.45, 2.75) is 74.5 Å². The van der Waals surface area contributed by atoms with Gasteiger partial charge in [-0.15, -0.1) is 0 Å². The highest BCUT2D eigenvalue weighted by Gasteiger charge is 2.53. The van der Waals surface area contributed by atoms with Crippen LogP contribution in [0.5, 0.6) is 0 Å². The fourth-order valence-corrected chi connectivity index (χ4v) is 5.44. The van der Waals surface area contributed by atoms with Crippen LogP contribution < -0.4 is 10.5 Å². The molecule has 3 aliphatic carbocycles. The van der Waals surface area contributed by atoms with Gasteiger partial charge in [-0.3, -0.25) is 0 Å². The van der Waals surface area contributed by atoms with Crippen LogP contribution in [0.25, 0.3) is 0 Å². The highest BCUT2D eigenvalue weighted by atomic mass is 32.2. The summed E-state index contributed by atoms with van der Waals surface area (Å²) in [6.07, 6.45) is 9.78. The van der Waals surface area contributed by atoms with Gasteiger partial charge in [-0.05, 0) is 62.8 Å². The number of rotatable bonds is 4. The van der Waals surface area contributed by atoms with E-state index < -0.39 is 10.0 Å². The summed E-state index contributed by atoms with van der Waals surface area (Å²) in [6, 6.07) is 2.24. The van der Waals surface area contributed by atoms with Gasteiger partial charge >= 0.3 is 0 Å². The Morgan fingerprint density at radius 2 is 1.95 bits per heavy atom. The van der Waals surface area contributed by atoms with Crippen LogP contribution in [0.4, 0.5) is 0 Å². The third-order valence-corrected chi connectivity index (χ3v) is 7.40. The van der Waals surface area contributed by atoms with Crippen molar-refractivity contribution in [1.29, 1.82) is 0 Å². The molecule has 3 N–H and O–H groups in total. The van der Waals surface area contributed by atoms with Gasteiger partial charge in [-0.25, -0.2) is 17.8 Å². The van der Waals surface area contributed by atoms with Crippen molar-refractivity contribution in [3.05, 3.63) is 12.3 Å². The molecule has 0 amide bonds. The molecule has 22 heavy (non-hydrogen) atoms. The molecule has 4 rings (SSSR count). The number of nitrogens with two attached hydrogens (primary N) is 1. The Morgan fingerprint density at radius 1 is 1.27 bits per heavy atom. The van der Waals surface area contributed by atoms with Crippen LogP contribution in [0.3, 0.4) is 0 Å². The van der Waals surface area contributed by atoms with Crippen molar-refractivity contribution in [2.75, 3.05) is 0 Å². The predicted molar refractivity (Wildman–Crippen MR) is 82.7 cm³/mol. The highest BCUT2D eigenvalue weighted by molar-refractivity contribution is 7.89. The van der Waals surface area contributed by atoms with Gasteiger partial charge in [0, 0.05) is 12.1 Å². The third-order valence-electron chi connectivity index (χ3n) is 5.89. The van der Waals surface area contributed by atoms with Crippen molar-refractivity contribution >= 4 is 10.0 Å². The quantitative estimate of drug-likeness (QED) is 0.879.